The first-order chi connectivity index (χ1) is 11.1. The fourth-order valence-corrected chi connectivity index (χ4v) is 2.87. The molecule has 0 unspecified atom stereocenters. The number of carbonyl (C=O) groups is 1. The van der Waals surface area contributed by atoms with Gasteiger partial charge in [-0.15, -0.1) is 0 Å². The Balaban J connectivity index is 1.55. The molecule has 1 amide bonds. The molecule has 0 atom stereocenters. The molecule has 23 heavy (non-hydrogen) atoms. The lowest BCUT2D eigenvalue weighted by Crippen LogP contribution is -2.34. The molecule has 0 spiro atoms. The number of rotatable bonds is 7. The number of carbonyl (C=O) groups excluding carboxylic acids is 1. The van der Waals surface area contributed by atoms with Crippen molar-refractivity contribution >= 4 is 12.0 Å². The van der Waals surface area contributed by atoms with Crippen molar-refractivity contribution in [1.29, 1.82) is 0 Å². The number of nitrogens with zero attached hydrogens (tertiary/aromatic N) is 1. The van der Waals surface area contributed by atoms with E-state index < -0.39 is 0 Å². The number of hydrogen-bond acceptors (Lipinski definition) is 2. The van der Waals surface area contributed by atoms with E-state index in [2.05, 4.69) is 36.2 Å². The molecule has 0 aliphatic carbocycles. The first-order valence-electron chi connectivity index (χ1n) is 8.88. The highest BCUT2D eigenvalue weighted by Crippen LogP contribution is 2.16. The number of piperidine rings is 1. The summed E-state index contributed by atoms with van der Waals surface area (Å²) in [7, 11) is 0. The smallest absolute Gasteiger partial charge is 0.243 e. The van der Waals surface area contributed by atoms with Crippen LogP contribution in [-0.2, 0) is 4.79 Å². The van der Waals surface area contributed by atoms with Crippen molar-refractivity contribution in [2.24, 2.45) is 5.92 Å². The fourth-order valence-electron chi connectivity index (χ4n) is 2.87. The molecule has 1 aromatic carbocycles. The van der Waals surface area contributed by atoms with Crippen LogP contribution in [0.2, 0.25) is 0 Å². The van der Waals surface area contributed by atoms with E-state index >= 15 is 0 Å². The molecule has 1 aromatic rings. The number of hydrogen-bond donors (Lipinski definition) is 1. The van der Waals surface area contributed by atoms with Crippen LogP contribution in [0.5, 0.6) is 0 Å². The van der Waals surface area contributed by atoms with E-state index in [9.17, 15) is 4.79 Å². The largest absolute Gasteiger partial charge is 0.353 e. The summed E-state index contributed by atoms with van der Waals surface area (Å²) in [6.45, 7) is 8.82. The molecule has 1 N–H and O–H groups in total. The van der Waals surface area contributed by atoms with Crippen molar-refractivity contribution in [3.05, 3.63) is 41.5 Å². The predicted molar refractivity (Wildman–Crippen MR) is 97.3 cm³/mol. The first-order valence-corrected chi connectivity index (χ1v) is 8.88. The van der Waals surface area contributed by atoms with Gasteiger partial charge in [0.15, 0.2) is 0 Å². The van der Waals surface area contributed by atoms with Crippen LogP contribution >= 0.6 is 0 Å². The van der Waals surface area contributed by atoms with Crippen LogP contribution in [0, 0.1) is 12.8 Å². The van der Waals surface area contributed by atoms with Gasteiger partial charge in [-0.05, 0) is 69.8 Å². The minimum Gasteiger partial charge on any atom is -0.353 e. The second kappa shape index (κ2) is 9.51. The summed E-state index contributed by atoms with van der Waals surface area (Å²) < 4.78 is 0. The van der Waals surface area contributed by atoms with Gasteiger partial charge in [0.1, 0.15) is 0 Å². The van der Waals surface area contributed by atoms with Crippen molar-refractivity contribution in [1.82, 2.24) is 10.2 Å². The van der Waals surface area contributed by atoms with Gasteiger partial charge in [-0.1, -0.05) is 36.8 Å². The summed E-state index contributed by atoms with van der Waals surface area (Å²) in [5.41, 5.74) is 2.29. The van der Waals surface area contributed by atoms with E-state index in [4.69, 9.17) is 0 Å². The van der Waals surface area contributed by atoms with Crippen molar-refractivity contribution in [2.75, 3.05) is 26.2 Å². The van der Waals surface area contributed by atoms with Gasteiger partial charge in [0.25, 0.3) is 0 Å². The molecule has 1 fully saturated rings. The number of nitrogens with one attached hydrogen (secondary N) is 1. The zero-order valence-corrected chi connectivity index (χ0v) is 14.6. The SMILES string of the molecule is Cc1ccc(/C=C/C(=O)NCCCCN2CCC(C)CC2)cc1. The summed E-state index contributed by atoms with van der Waals surface area (Å²) in [6.07, 6.45) is 8.37. The van der Waals surface area contributed by atoms with Crippen molar-refractivity contribution in [2.45, 2.75) is 39.5 Å². The minimum absolute atomic E-state index is 0.00243. The number of likely N-dealkylation sites (tertiary alicyclic amines) is 1. The molecular weight excluding hydrogens is 284 g/mol. The first kappa shape index (κ1) is 17.7. The standard InChI is InChI=1S/C20H30N2O/c1-17-5-7-19(8-6-17)9-10-20(23)21-13-3-4-14-22-15-11-18(2)12-16-22/h5-10,18H,3-4,11-16H2,1-2H3,(H,21,23)/b10-9+. The molecular formula is C20H30N2O. The quantitative estimate of drug-likeness (QED) is 0.615. The van der Waals surface area contributed by atoms with Gasteiger partial charge in [-0.25, -0.2) is 0 Å². The summed E-state index contributed by atoms with van der Waals surface area (Å²) in [4.78, 5) is 14.3. The van der Waals surface area contributed by atoms with Crippen LogP contribution in [-0.4, -0.2) is 37.0 Å². The normalized spacial score (nSPS) is 16.8. The van der Waals surface area contributed by atoms with Crippen LogP contribution in [0.25, 0.3) is 6.08 Å². The molecule has 0 saturated carbocycles. The molecule has 0 bridgehead atoms. The lowest BCUT2D eigenvalue weighted by atomic mass is 9.99. The zero-order chi connectivity index (χ0) is 16.5. The highest BCUT2D eigenvalue weighted by atomic mass is 16.1. The van der Waals surface area contributed by atoms with Crippen molar-refractivity contribution in [3.8, 4) is 0 Å². The molecule has 0 aromatic heterocycles. The van der Waals surface area contributed by atoms with Gasteiger partial charge < -0.3 is 10.2 Å². The van der Waals surface area contributed by atoms with Gasteiger partial charge in [0, 0.05) is 12.6 Å². The Hall–Kier alpha value is -1.61. The van der Waals surface area contributed by atoms with E-state index in [1.54, 1.807) is 6.08 Å². The molecule has 3 heteroatoms. The maximum Gasteiger partial charge on any atom is 0.243 e. The summed E-state index contributed by atoms with van der Waals surface area (Å²) in [5, 5.41) is 2.96. The van der Waals surface area contributed by atoms with E-state index in [-0.39, 0.29) is 5.91 Å². The highest BCUT2D eigenvalue weighted by molar-refractivity contribution is 5.91. The second-order valence-corrected chi connectivity index (χ2v) is 6.77. The van der Waals surface area contributed by atoms with Crippen LogP contribution in [0.1, 0.15) is 43.7 Å². The Morgan fingerprint density at radius 1 is 1.22 bits per heavy atom. The number of unbranched alkanes of at least 4 members (excludes halogenated alkanes) is 1. The maximum atomic E-state index is 11.8. The Kier molecular flexibility index (Phi) is 7.34. The van der Waals surface area contributed by atoms with Crippen LogP contribution in [0.4, 0.5) is 0 Å². The number of amides is 1. The molecule has 1 heterocycles. The Labute approximate surface area is 140 Å². The average molecular weight is 314 g/mol. The maximum absolute atomic E-state index is 11.8. The van der Waals surface area contributed by atoms with E-state index in [0.717, 1.165) is 30.9 Å². The molecule has 0 radical (unpaired) electrons. The van der Waals surface area contributed by atoms with E-state index in [0.29, 0.717) is 0 Å². The highest BCUT2D eigenvalue weighted by Gasteiger charge is 2.14. The topological polar surface area (TPSA) is 32.3 Å². The van der Waals surface area contributed by atoms with E-state index in [1.807, 2.05) is 18.2 Å². The Morgan fingerprint density at radius 2 is 1.91 bits per heavy atom. The summed E-state index contributed by atoms with van der Waals surface area (Å²) in [5.74, 6) is 0.892. The lowest BCUT2D eigenvalue weighted by molar-refractivity contribution is -0.116. The van der Waals surface area contributed by atoms with Gasteiger partial charge in [0.2, 0.25) is 5.91 Å². The molecule has 1 aliphatic heterocycles. The monoisotopic (exact) mass is 314 g/mol. The van der Waals surface area contributed by atoms with Gasteiger partial charge in [-0.2, -0.15) is 0 Å². The van der Waals surface area contributed by atoms with E-state index in [1.165, 1.54) is 38.0 Å². The fraction of sp³-hybridized carbons (Fsp3) is 0.550. The minimum atomic E-state index is -0.00243. The molecule has 126 valence electrons. The van der Waals surface area contributed by atoms with Crippen molar-refractivity contribution in [3.63, 3.8) is 0 Å². The molecule has 1 aliphatic rings. The molecule has 3 nitrogen and oxygen atoms in total. The predicted octanol–water partition coefficient (Wildman–Crippen LogP) is 3.64. The summed E-state index contributed by atoms with van der Waals surface area (Å²) >= 11 is 0. The summed E-state index contributed by atoms with van der Waals surface area (Å²) in [6, 6.07) is 8.16. The van der Waals surface area contributed by atoms with Crippen LogP contribution in [0.15, 0.2) is 30.3 Å². The molecule has 1 saturated heterocycles. The number of aryl methyl sites for hydroxylation is 1. The molecule has 2 rings (SSSR count). The zero-order valence-electron chi connectivity index (χ0n) is 14.6. The number of benzene rings is 1. The van der Waals surface area contributed by atoms with Crippen LogP contribution < -0.4 is 5.32 Å². The Bertz CT molecular complexity index is 499. The third kappa shape index (κ3) is 7.00. The van der Waals surface area contributed by atoms with Crippen molar-refractivity contribution < 1.29 is 4.79 Å². The average Bonchev–Trinajstić information content (AvgIpc) is 2.56. The second-order valence-electron chi connectivity index (χ2n) is 6.77. The third-order valence-corrected chi connectivity index (χ3v) is 4.58. The van der Waals surface area contributed by atoms with Gasteiger partial charge >= 0.3 is 0 Å². The van der Waals surface area contributed by atoms with Gasteiger partial charge in [-0.3, -0.25) is 4.79 Å². The third-order valence-electron chi connectivity index (χ3n) is 4.58. The lowest BCUT2D eigenvalue weighted by Gasteiger charge is -2.30. The van der Waals surface area contributed by atoms with Gasteiger partial charge in [0.05, 0.1) is 0 Å². The van der Waals surface area contributed by atoms with Crippen LogP contribution in [0.3, 0.4) is 0 Å². The Morgan fingerprint density at radius 3 is 2.61 bits per heavy atom.